The van der Waals surface area contributed by atoms with Crippen LogP contribution in [-0.2, 0) is 20.7 Å². The van der Waals surface area contributed by atoms with Crippen LogP contribution < -0.4 is 4.74 Å². The van der Waals surface area contributed by atoms with Crippen LogP contribution in [0.2, 0.25) is 0 Å². The molecule has 0 aromatic heterocycles. The van der Waals surface area contributed by atoms with Crippen molar-refractivity contribution in [2.45, 2.75) is 65.2 Å². The topological polar surface area (TPSA) is 72.8 Å². The van der Waals surface area contributed by atoms with E-state index in [0.29, 0.717) is 11.5 Å². The zero-order valence-corrected chi connectivity index (χ0v) is 19.5. The van der Waals surface area contributed by atoms with Gasteiger partial charge in [-0.1, -0.05) is 38.5 Å². The fourth-order valence-corrected chi connectivity index (χ4v) is 3.77. The molecule has 5 heteroatoms. The smallest absolute Gasteiger partial charge is 0.333 e. The van der Waals surface area contributed by atoms with Gasteiger partial charge < -0.3 is 19.4 Å². The quantitative estimate of drug-likeness (QED) is 0.227. The van der Waals surface area contributed by atoms with Gasteiger partial charge in [-0.05, 0) is 69.1 Å². The number of hydrogen-bond acceptors (Lipinski definition) is 5. The molecule has 0 spiro atoms. The van der Waals surface area contributed by atoms with Crippen molar-refractivity contribution in [3.63, 3.8) is 0 Å². The minimum atomic E-state index is -0.407. The first-order valence-electron chi connectivity index (χ1n) is 11.5. The molecule has 1 aromatic carbocycles. The zero-order chi connectivity index (χ0) is 23.1. The summed E-state index contributed by atoms with van der Waals surface area (Å²) in [5.41, 5.74) is 1.78. The number of aryl methyl sites for hydroxylation is 1. The molecular weight excluding hydrogens is 392 g/mol. The second kappa shape index (κ2) is 15.6. The first-order valence-corrected chi connectivity index (χ1v) is 11.5. The molecule has 0 amide bonds. The summed E-state index contributed by atoms with van der Waals surface area (Å²) >= 11 is 0. The number of hydrogen-bond donors (Lipinski definition) is 1. The summed E-state index contributed by atoms with van der Waals surface area (Å²) in [6.07, 6.45) is 9.70. The lowest BCUT2D eigenvalue weighted by molar-refractivity contribution is -0.141. The number of benzene rings is 1. The number of aldehydes is 1. The van der Waals surface area contributed by atoms with E-state index < -0.39 is 5.97 Å². The Morgan fingerprint density at radius 2 is 1.84 bits per heavy atom. The maximum Gasteiger partial charge on any atom is 0.333 e. The highest BCUT2D eigenvalue weighted by Gasteiger charge is 2.28. The van der Waals surface area contributed by atoms with Crippen molar-refractivity contribution in [3.8, 4) is 5.75 Å². The van der Waals surface area contributed by atoms with Crippen LogP contribution in [-0.4, -0.2) is 37.7 Å². The maximum atomic E-state index is 11.3. The predicted molar refractivity (Wildman–Crippen MR) is 124 cm³/mol. The Morgan fingerprint density at radius 1 is 1.19 bits per heavy atom. The molecule has 0 aliphatic heterocycles. The van der Waals surface area contributed by atoms with Crippen LogP contribution in [0, 0.1) is 17.8 Å². The third-order valence-electron chi connectivity index (χ3n) is 5.92. The first-order chi connectivity index (χ1) is 14.9. The SMILES string of the molecule is C=C(C)C(=O)OCC(CO)C1CCC(C=O)CC1.CCCCCc1ccc(OC)cc1. The van der Waals surface area contributed by atoms with Gasteiger partial charge in [-0.3, -0.25) is 0 Å². The van der Waals surface area contributed by atoms with Crippen molar-refractivity contribution in [2.24, 2.45) is 17.8 Å². The largest absolute Gasteiger partial charge is 0.497 e. The Balaban J connectivity index is 0.000000327. The van der Waals surface area contributed by atoms with Gasteiger partial charge in [-0.2, -0.15) is 0 Å². The molecule has 1 saturated carbocycles. The average Bonchev–Trinajstić information content (AvgIpc) is 2.80. The standard InChI is InChI=1S/C14H22O4.C12H18O/c1-10(2)14(17)18-9-13(8-16)12-5-3-11(7-15)4-6-12;1-3-4-5-6-11-7-9-12(13-2)10-8-11/h7,11-13,16H,1,3-6,8-9H2,2H3;7-10H,3-6H2,1-2H3. The molecule has 0 radical (unpaired) electrons. The number of aliphatic hydroxyl groups is 1. The molecule has 174 valence electrons. The van der Waals surface area contributed by atoms with E-state index in [2.05, 4.69) is 25.6 Å². The molecule has 1 aliphatic carbocycles. The lowest BCUT2D eigenvalue weighted by Gasteiger charge is -2.30. The number of methoxy groups -OCH3 is 1. The van der Waals surface area contributed by atoms with E-state index in [0.717, 1.165) is 37.7 Å². The number of carbonyl (C=O) groups excluding carboxylic acids is 2. The summed E-state index contributed by atoms with van der Waals surface area (Å²) in [7, 11) is 1.70. The molecule has 1 aromatic rings. The molecule has 1 aliphatic rings. The minimum Gasteiger partial charge on any atom is -0.497 e. The Hall–Kier alpha value is -2.14. The van der Waals surface area contributed by atoms with Crippen LogP contribution in [0.1, 0.15) is 64.4 Å². The molecule has 31 heavy (non-hydrogen) atoms. The summed E-state index contributed by atoms with van der Waals surface area (Å²) in [5.74, 6) is 1.01. The van der Waals surface area contributed by atoms with Crippen molar-refractivity contribution in [2.75, 3.05) is 20.3 Å². The number of carbonyl (C=O) groups is 2. The highest BCUT2D eigenvalue weighted by Crippen LogP contribution is 2.32. The first kappa shape index (κ1) is 26.9. The minimum absolute atomic E-state index is 0.0138. The van der Waals surface area contributed by atoms with E-state index in [-0.39, 0.29) is 25.0 Å². The second-order valence-electron chi connectivity index (χ2n) is 8.44. The molecular formula is C26H40O5. The third kappa shape index (κ3) is 10.6. The van der Waals surface area contributed by atoms with Crippen molar-refractivity contribution >= 4 is 12.3 Å². The summed E-state index contributed by atoms with van der Waals surface area (Å²) in [4.78, 5) is 22.0. The molecule has 5 nitrogen and oxygen atoms in total. The van der Waals surface area contributed by atoms with E-state index in [4.69, 9.17) is 9.47 Å². The Morgan fingerprint density at radius 3 is 2.32 bits per heavy atom. The molecule has 2 rings (SSSR count). The monoisotopic (exact) mass is 432 g/mol. The van der Waals surface area contributed by atoms with Crippen LogP contribution in [0.15, 0.2) is 36.4 Å². The molecule has 0 heterocycles. The summed E-state index contributed by atoms with van der Waals surface area (Å²) in [6, 6.07) is 8.35. The number of rotatable bonds is 11. The maximum absolute atomic E-state index is 11.3. The van der Waals surface area contributed by atoms with Gasteiger partial charge in [0.2, 0.25) is 0 Å². The fourth-order valence-electron chi connectivity index (χ4n) is 3.77. The lowest BCUT2D eigenvalue weighted by Crippen LogP contribution is -2.29. The van der Waals surface area contributed by atoms with Gasteiger partial charge in [0, 0.05) is 24.0 Å². The van der Waals surface area contributed by atoms with E-state index >= 15 is 0 Å². The average molecular weight is 433 g/mol. The lowest BCUT2D eigenvalue weighted by atomic mass is 9.76. The van der Waals surface area contributed by atoms with Crippen LogP contribution in [0.25, 0.3) is 0 Å². The Kier molecular flexibility index (Phi) is 13.6. The van der Waals surface area contributed by atoms with Gasteiger partial charge in [-0.25, -0.2) is 4.79 Å². The van der Waals surface area contributed by atoms with Crippen LogP contribution in [0.4, 0.5) is 0 Å². The van der Waals surface area contributed by atoms with Crippen LogP contribution >= 0.6 is 0 Å². The predicted octanol–water partition coefficient (Wildman–Crippen LogP) is 5.15. The second-order valence-corrected chi connectivity index (χ2v) is 8.44. The van der Waals surface area contributed by atoms with E-state index in [1.54, 1.807) is 14.0 Å². The highest BCUT2D eigenvalue weighted by molar-refractivity contribution is 5.86. The molecule has 1 unspecified atom stereocenters. The Labute approximate surface area is 187 Å². The fraction of sp³-hybridized carbons (Fsp3) is 0.615. The number of unbranched alkanes of at least 4 members (excludes halogenated alkanes) is 2. The van der Waals surface area contributed by atoms with Crippen molar-refractivity contribution < 1.29 is 24.2 Å². The summed E-state index contributed by atoms with van der Waals surface area (Å²) < 4.78 is 10.2. The van der Waals surface area contributed by atoms with Gasteiger partial charge in [0.15, 0.2) is 0 Å². The van der Waals surface area contributed by atoms with E-state index in [1.807, 2.05) is 12.1 Å². The number of esters is 1. The molecule has 0 bridgehead atoms. The van der Waals surface area contributed by atoms with E-state index in [1.165, 1.54) is 31.2 Å². The Bertz CT molecular complexity index is 644. The van der Waals surface area contributed by atoms with Gasteiger partial charge in [0.05, 0.1) is 13.7 Å². The zero-order valence-electron chi connectivity index (χ0n) is 19.5. The third-order valence-corrected chi connectivity index (χ3v) is 5.92. The van der Waals surface area contributed by atoms with Gasteiger partial charge >= 0.3 is 5.97 Å². The van der Waals surface area contributed by atoms with Crippen LogP contribution in [0.5, 0.6) is 5.75 Å². The van der Waals surface area contributed by atoms with Gasteiger partial charge in [0.25, 0.3) is 0 Å². The van der Waals surface area contributed by atoms with Gasteiger partial charge in [-0.15, -0.1) is 0 Å². The van der Waals surface area contributed by atoms with Crippen LogP contribution in [0.3, 0.4) is 0 Å². The molecule has 1 N–H and O–H groups in total. The summed E-state index contributed by atoms with van der Waals surface area (Å²) in [6.45, 7) is 7.60. The van der Waals surface area contributed by atoms with E-state index in [9.17, 15) is 14.7 Å². The summed E-state index contributed by atoms with van der Waals surface area (Å²) in [5, 5.41) is 9.37. The number of ether oxygens (including phenoxy) is 2. The van der Waals surface area contributed by atoms with Gasteiger partial charge in [0.1, 0.15) is 12.0 Å². The molecule has 0 saturated heterocycles. The molecule has 1 atom stereocenters. The highest BCUT2D eigenvalue weighted by atomic mass is 16.5. The van der Waals surface area contributed by atoms with Crippen molar-refractivity contribution in [1.82, 2.24) is 0 Å². The normalized spacial score (nSPS) is 18.8. The van der Waals surface area contributed by atoms with Crippen molar-refractivity contribution in [3.05, 3.63) is 42.0 Å². The molecule has 1 fully saturated rings. The van der Waals surface area contributed by atoms with Crippen molar-refractivity contribution in [1.29, 1.82) is 0 Å². The number of aliphatic hydroxyl groups excluding tert-OH is 1.